The average molecular weight is 249 g/mol. The van der Waals surface area contributed by atoms with Crippen LogP contribution in [-0.4, -0.2) is 35.0 Å². The van der Waals surface area contributed by atoms with Crippen molar-refractivity contribution >= 4 is 17.5 Å². The molecule has 1 aromatic heterocycles. The number of nitrogens with one attached hydrogen (secondary N) is 3. The van der Waals surface area contributed by atoms with Crippen LogP contribution in [0, 0.1) is 6.92 Å². The monoisotopic (exact) mass is 249 g/mol. The van der Waals surface area contributed by atoms with E-state index in [2.05, 4.69) is 25.9 Å². The molecular weight excluding hydrogens is 230 g/mol. The lowest BCUT2D eigenvalue weighted by atomic mass is 10.2. The summed E-state index contributed by atoms with van der Waals surface area (Å²) >= 11 is 0. The second-order valence-corrected chi connectivity index (χ2v) is 4.59. The van der Waals surface area contributed by atoms with E-state index in [-0.39, 0.29) is 11.9 Å². The Kier molecular flexibility index (Phi) is 3.64. The molecule has 1 fully saturated rings. The summed E-state index contributed by atoms with van der Waals surface area (Å²) in [7, 11) is 1.81. The van der Waals surface area contributed by atoms with E-state index < -0.39 is 0 Å². The zero-order chi connectivity index (χ0) is 13.1. The normalized spacial score (nSPS) is 15.9. The Hall–Kier alpha value is -1.85. The second-order valence-electron chi connectivity index (χ2n) is 4.59. The van der Waals surface area contributed by atoms with Gasteiger partial charge in [0.05, 0.1) is 0 Å². The standard InChI is InChI=1S/C12H19N5O/c1-7-10(13-3)14-6-15-11(7)16-8(2)12(18)17-9-4-5-9/h6,8-9H,4-5H2,1-3H3,(H,17,18)(H2,13,14,15,16). The van der Waals surface area contributed by atoms with Crippen LogP contribution in [0.4, 0.5) is 11.6 Å². The number of nitrogens with zero attached hydrogens (tertiary/aromatic N) is 2. The smallest absolute Gasteiger partial charge is 0.242 e. The van der Waals surface area contributed by atoms with Crippen LogP contribution in [-0.2, 0) is 4.79 Å². The van der Waals surface area contributed by atoms with Crippen molar-refractivity contribution in [2.75, 3.05) is 17.7 Å². The molecule has 0 aromatic carbocycles. The molecule has 6 nitrogen and oxygen atoms in total. The van der Waals surface area contributed by atoms with E-state index in [1.165, 1.54) is 6.33 Å². The van der Waals surface area contributed by atoms with E-state index in [1.54, 1.807) is 0 Å². The topological polar surface area (TPSA) is 78.9 Å². The summed E-state index contributed by atoms with van der Waals surface area (Å²) in [5, 5.41) is 9.06. The number of aromatic nitrogens is 2. The quantitative estimate of drug-likeness (QED) is 0.722. The molecular formula is C12H19N5O. The molecule has 1 saturated carbocycles. The van der Waals surface area contributed by atoms with Gasteiger partial charge in [-0.15, -0.1) is 0 Å². The molecule has 0 bridgehead atoms. The number of carbonyl (C=O) groups is 1. The van der Waals surface area contributed by atoms with E-state index in [4.69, 9.17) is 0 Å². The summed E-state index contributed by atoms with van der Waals surface area (Å²) in [5.74, 6) is 1.47. The SMILES string of the molecule is CNc1ncnc(NC(C)C(=O)NC2CC2)c1C. The molecule has 1 unspecified atom stereocenters. The first-order valence-electron chi connectivity index (χ1n) is 6.18. The molecule has 1 aromatic rings. The van der Waals surface area contributed by atoms with E-state index in [1.807, 2.05) is 20.9 Å². The van der Waals surface area contributed by atoms with Crippen LogP contribution in [0.15, 0.2) is 6.33 Å². The van der Waals surface area contributed by atoms with Crippen molar-refractivity contribution < 1.29 is 4.79 Å². The van der Waals surface area contributed by atoms with Crippen LogP contribution in [0.3, 0.4) is 0 Å². The van der Waals surface area contributed by atoms with Crippen molar-refractivity contribution in [2.45, 2.75) is 38.8 Å². The molecule has 0 saturated heterocycles. The van der Waals surface area contributed by atoms with Gasteiger partial charge in [0.25, 0.3) is 0 Å². The van der Waals surface area contributed by atoms with Gasteiger partial charge in [0, 0.05) is 18.7 Å². The third kappa shape index (κ3) is 2.88. The molecule has 1 amide bonds. The van der Waals surface area contributed by atoms with Gasteiger partial charge in [-0.1, -0.05) is 0 Å². The Bertz CT molecular complexity index is 444. The lowest BCUT2D eigenvalue weighted by Gasteiger charge is -2.16. The minimum Gasteiger partial charge on any atom is -0.373 e. The minimum atomic E-state index is -0.302. The van der Waals surface area contributed by atoms with Crippen LogP contribution in [0.5, 0.6) is 0 Å². The molecule has 3 N–H and O–H groups in total. The fourth-order valence-electron chi connectivity index (χ4n) is 1.67. The predicted octanol–water partition coefficient (Wildman–Crippen LogP) is 0.906. The third-order valence-electron chi connectivity index (χ3n) is 2.99. The van der Waals surface area contributed by atoms with Crippen molar-refractivity contribution in [3.63, 3.8) is 0 Å². The minimum absolute atomic E-state index is 0.0153. The van der Waals surface area contributed by atoms with Gasteiger partial charge < -0.3 is 16.0 Å². The van der Waals surface area contributed by atoms with Crippen molar-refractivity contribution in [3.8, 4) is 0 Å². The molecule has 0 radical (unpaired) electrons. The molecule has 1 heterocycles. The van der Waals surface area contributed by atoms with Crippen LogP contribution in [0.2, 0.25) is 0 Å². The molecule has 0 aliphatic heterocycles. The van der Waals surface area contributed by atoms with Crippen LogP contribution >= 0.6 is 0 Å². The maximum absolute atomic E-state index is 11.8. The average Bonchev–Trinajstić information content (AvgIpc) is 3.15. The predicted molar refractivity (Wildman–Crippen MR) is 70.6 cm³/mol. The van der Waals surface area contributed by atoms with Crippen molar-refractivity contribution in [1.82, 2.24) is 15.3 Å². The lowest BCUT2D eigenvalue weighted by Crippen LogP contribution is -2.39. The Morgan fingerprint density at radius 3 is 2.67 bits per heavy atom. The molecule has 98 valence electrons. The molecule has 0 spiro atoms. The number of rotatable bonds is 5. The number of carbonyl (C=O) groups excluding carboxylic acids is 1. The van der Waals surface area contributed by atoms with Gasteiger partial charge in [0.2, 0.25) is 5.91 Å². The van der Waals surface area contributed by atoms with Gasteiger partial charge >= 0.3 is 0 Å². The number of anilines is 2. The third-order valence-corrected chi connectivity index (χ3v) is 2.99. The van der Waals surface area contributed by atoms with E-state index >= 15 is 0 Å². The molecule has 1 aliphatic carbocycles. The lowest BCUT2D eigenvalue weighted by molar-refractivity contribution is -0.121. The Balaban J connectivity index is 2.01. The highest BCUT2D eigenvalue weighted by molar-refractivity contribution is 5.84. The van der Waals surface area contributed by atoms with Gasteiger partial charge in [-0.3, -0.25) is 4.79 Å². The summed E-state index contributed by atoms with van der Waals surface area (Å²) in [6.45, 7) is 3.75. The largest absolute Gasteiger partial charge is 0.373 e. The number of hydrogen-bond acceptors (Lipinski definition) is 5. The molecule has 6 heteroatoms. The summed E-state index contributed by atoms with van der Waals surface area (Å²) in [4.78, 5) is 20.1. The second kappa shape index (κ2) is 5.20. The summed E-state index contributed by atoms with van der Waals surface area (Å²) in [5.41, 5.74) is 0.908. The van der Waals surface area contributed by atoms with Crippen LogP contribution < -0.4 is 16.0 Å². The fraction of sp³-hybridized carbons (Fsp3) is 0.583. The van der Waals surface area contributed by atoms with Crippen LogP contribution in [0.1, 0.15) is 25.3 Å². The Labute approximate surface area is 107 Å². The first-order chi connectivity index (χ1) is 8.61. The van der Waals surface area contributed by atoms with Crippen molar-refractivity contribution in [1.29, 1.82) is 0 Å². The highest BCUT2D eigenvalue weighted by Crippen LogP contribution is 2.20. The zero-order valence-corrected chi connectivity index (χ0v) is 10.9. The first kappa shape index (κ1) is 12.6. The maximum atomic E-state index is 11.8. The first-order valence-corrected chi connectivity index (χ1v) is 6.18. The summed E-state index contributed by atoms with van der Waals surface area (Å²) in [6.07, 6.45) is 3.66. The van der Waals surface area contributed by atoms with E-state index in [9.17, 15) is 4.79 Å². The van der Waals surface area contributed by atoms with Gasteiger partial charge in [0.15, 0.2) is 0 Å². The Morgan fingerprint density at radius 2 is 2.06 bits per heavy atom. The zero-order valence-electron chi connectivity index (χ0n) is 10.9. The van der Waals surface area contributed by atoms with Crippen molar-refractivity contribution in [3.05, 3.63) is 11.9 Å². The number of hydrogen-bond donors (Lipinski definition) is 3. The van der Waals surface area contributed by atoms with Gasteiger partial charge in [-0.25, -0.2) is 9.97 Å². The molecule has 2 rings (SSSR count). The summed E-state index contributed by atoms with van der Waals surface area (Å²) < 4.78 is 0. The number of amides is 1. The van der Waals surface area contributed by atoms with Gasteiger partial charge in [0.1, 0.15) is 24.0 Å². The Morgan fingerprint density at radius 1 is 1.39 bits per heavy atom. The maximum Gasteiger partial charge on any atom is 0.242 e. The van der Waals surface area contributed by atoms with Crippen LogP contribution in [0.25, 0.3) is 0 Å². The van der Waals surface area contributed by atoms with Gasteiger partial charge in [-0.05, 0) is 26.7 Å². The summed E-state index contributed by atoms with van der Waals surface area (Å²) in [6, 6.07) is 0.0741. The van der Waals surface area contributed by atoms with E-state index in [0.717, 1.165) is 24.2 Å². The van der Waals surface area contributed by atoms with E-state index in [0.29, 0.717) is 11.9 Å². The highest BCUT2D eigenvalue weighted by Gasteiger charge is 2.25. The fourth-order valence-corrected chi connectivity index (χ4v) is 1.67. The van der Waals surface area contributed by atoms with Gasteiger partial charge in [-0.2, -0.15) is 0 Å². The molecule has 1 atom stereocenters. The van der Waals surface area contributed by atoms with Crippen molar-refractivity contribution in [2.24, 2.45) is 0 Å². The molecule has 1 aliphatic rings. The highest BCUT2D eigenvalue weighted by atomic mass is 16.2. The molecule has 18 heavy (non-hydrogen) atoms.